The van der Waals surface area contributed by atoms with Gasteiger partial charge in [0.05, 0.1) is 0 Å². The SMILES string of the molecule is CCC1CCC(NC(=O)C(C)C2CCCC(N)C2)C1C. The van der Waals surface area contributed by atoms with E-state index in [1.54, 1.807) is 0 Å². The lowest BCUT2D eigenvalue weighted by Gasteiger charge is -2.31. The predicted octanol–water partition coefficient (Wildman–Crippen LogP) is 3.08. The van der Waals surface area contributed by atoms with Crippen LogP contribution in [0.25, 0.3) is 0 Å². The molecule has 0 aliphatic heterocycles. The van der Waals surface area contributed by atoms with E-state index in [4.69, 9.17) is 5.73 Å². The van der Waals surface area contributed by atoms with Crippen LogP contribution in [0.5, 0.6) is 0 Å². The molecule has 2 aliphatic rings. The van der Waals surface area contributed by atoms with Crippen LogP contribution < -0.4 is 11.1 Å². The summed E-state index contributed by atoms with van der Waals surface area (Å²) in [6.07, 6.45) is 8.16. The zero-order valence-electron chi connectivity index (χ0n) is 13.4. The van der Waals surface area contributed by atoms with Crippen molar-refractivity contribution in [2.24, 2.45) is 29.4 Å². The highest BCUT2D eigenvalue weighted by atomic mass is 16.1. The van der Waals surface area contributed by atoms with Crippen LogP contribution in [0.4, 0.5) is 0 Å². The second-order valence-electron chi connectivity index (χ2n) is 7.20. The smallest absolute Gasteiger partial charge is 0.223 e. The van der Waals surface area contributed by atoms with E-state index in [2.05, 4.69) is 26.1 Å². The van der Waals surface area contributed by atoms with E-state index < -0.39 is 0 Å². The number of carbonyl (C=O) groups excluding carboxylic acids is 1. The molecule has 0 aromatic rings. The fourth-order valence-corrected chi connectivity index (χ4v) is 4.28. The Hall–Kier alpha value is -0.570. The molecule has 0 heterocycles. The molecule has 0 radical (unpaired) electrons. The third kappa shape index (κ3) is 3.55. The second kappa shape index (κ2) is 6.93. The third-order valence-electron chi connectivity index (χ3n) is 5.95. The van der Waals surface area contributed by atoms with E-state index in [0.717, 1.165) is 25.2 Å². The number of amides is 1. The van der Waals surface area contributed by atoms with Gasteiger partial charge in [-0.25, -0.2) is 0 Å². The Labute approximate surface area is 124 Å². The van der Waals surface area contributed by atoms with E-state index >= 15 is 0 Å². The van der Waals surface area contributed by atoms with Gasteiger partial charge < -0.3 is 11.1 Å². The molecule has 3 heteroatoms. The van der Waals surface area contributed by atoms with Crippen molar-refractivity contribution in [3.63, 3.8) is 0 Å². The molecule has 0 aromatic heterocycles. The zero-order valence-corrected chi connectivity index (χ0v) is 13.4. The molecule has 116 valence electrons. The van der Waals surface area contributed by atoms with Crippen LogP contribution in [-0.4, -0.2) is 18.0 Å². The molecule has 3 nitrogen and oxygen atoms in total. The second-order valence-corrected chi connectivity index (χ2v) is 7.20. The van der Waals surface area contributed by atoms with Crippen molar-refractivity contribution in [1.29, 1.82) is 0 Å². The van der Waals surface area contributed by atoms with Gasteiger partial charge in [0.2, 0.25) is 5.91 Å². The van der Waals surface area contributed by atoms with Crippen LogP contribution in [0.3, 0.4) is 0 Å². The fraction of sp³-hybridized carbons (Fsp3) is 0.941. The number of hydrogen-bond donors (Lipinski definition) is 2. The van der Waals surface area contributed by atoms with E-state index in [0.29, 0.717) is 23.9 Å². The highest BCUT2D eigenvalue weighted by Crippen LogP contribution is 2.35. The van der Waals surface area contributed by atoms with Crippen LogP contribution >= 0.6 is 0 Å². The number of rotatable bonds is 4. The monoisotopic (exact) mass is 280 g/mol. The molecule has 0 spiro atoms. The molecule has 3 N–H and O–H groups in total. The van der Waals surface area contributed by atoms with Crippen LogP contribution in [0.15, 0.2) is 0 Å². The van der Waals surface area contributed by atoms with Gasteiger partial charge in [0.25, 0.3) is 0 Å². The minimum absolute atomic E-state index is 0.120. The zero-order chi connectivity index (χ0) is 14.7. The van der Waals surface area contributed by atoms with E-state index in [-0.39, 0.29) is 11.8 Å². The topological polar surface area (TPSA) is 55.1 Å². The highest BCUT2D eigenvalue weighted by Gasteiger charge is 2.35. The van der Waals surface area contributed by atoms with Crippen molar-refractivity contribution in [2.75, 3.05) is 0 Å². The summed E-state index contributed by atoms with van der Waals surface area (Å²) in [7, 11) is 0. The molecule has 2 saturated carbocycles. The number of nitrogens with one attached hydrogen (secondary N) is 1. The number of hydrogen-bond acceptors (Lipinski definition) is 2. The maximum absolute atomic E-state index is 12.5. The van der Waals surface area contributed by atoms with Crippen molar-refractivity contribution in [1.82, 2.24) is 5.32 Å². The molecule has 2 rings (SSSR count). The number of nitrogens with two attached hydrogens (primary N) is 1. The third-order valence-corrected chi connectivity index (χ3v) is 5.95. The Morgan fingerprint density at radius 1 is 1.30 bits per heavy atom. The van der Waals surface area contributed by atoms with Crippen molar-refractivity contribution in [2.45, 2.75) is 77.8 Å². The first-order chi connectivity index (χ1) is 9.52. The van der Waals surface area contributed by atoms with Gasteiger partial charge >= 0.3 is 0 Å². The summed E-state index contributed by atoms with van der Waals surface area (Å²) in [5.41, 5.74) is 6.05. The van der Waals surface area contributed by atoms with E-state index in [1.807, 2.05) is 0 Å². The summed E-state index contributed by atoms with van der Waals surface area (Å²) < 4.78 is 0. The standard InChI is InChI=1S/C17H32N2O/c1-4-13-8-9-16(11(13)2)19-17(20)12(3)14-6-5-7-15(18)10-14/h11-16H,4-10,18H2,1-3H3,(H,19,20). The van der Waals surface area contributed by atoms with Crippen molar-refractivity contribution >= 4 is 5.91 Å². The quantitative estimate of drug-likeness (QED) is 0.831. The van der Waals surface area contributed by atoms with Crippen LogP contribution in [0.2, 0.25) is 0 Å². The molecule has 0 bridgehead atoms. The van der Waals surface area contributed by atoms with Crippen molar-refractivity contribution < 1.29 is 4.79 Å². The first-order valence-electron chi connectivity index (χ1n) is 8.58. The summed E-state index contributed by atoms with van der Waals surface area (Å²) in [6.45, 7) is 6.65. The first-order valence-corrected chi connectivity index (χ1v) is 8.58. The van der Waals surface area contributed by atoms with Gasteiger partial charge in [-0.3, -0.25) is 4.79 Å². The summed E-state index contributed by atoms with van der Waals surface area (Å²) in [4.78, 5) is 12.5. The normalized spacial score (nSPS) is 39.5. The maximum Gasteiger partial charge on any atom is 0.223 e. The summed E-state index contributed by atoms with van der Waals surface area (Å²) in [5, 5.41) is 3.33. The molecule has 1 amide bonds. The molecule has 0 saturated heterocycles. The highest BCUT2D eigenvalue weighted by molar-refractivity contribution is 5.79. The Bertz CT molecular complexity index is 331. The van der Waals surface area contributed by atoms with Gasteiger partial charge in [-0.2, -0.15) is 0 Å². The van der Waals surface area contributed by atoms with Crippen LogP contribution in [0.1, 0.15) is 65.7 Å². The lowest BCUT2D eigenvalue weighted by atomic mass is 9.78. The Morgan fingerprint density at radius 3 is 2.65 bits per heavy atom. The van der Waals surface area contributed by atoms with Crippen LogP contribution in [-0.2, 0) is 4.79 Å². The number of carbonyl (C=O) groups is 1. The van der Waals surface area contributed by atoms with Gasteiger partial charge in [0, 0.05) is 18.0 Å². The Kier molecular flexibility index (Phi) is 5.48. The first kappa shape index (κ1) is 15.8. The minimum atomic E-state index is 0.120. The maximum atomic E-state index is 12.5. The van der Waals surface area contributed by atoms with Crippen LogP contribution in [0, 0.1) is 23.7 Å². The van der Waals surface area contributed by atoms with Gasteiger partial charge in [0.1, 0.15) is 0 Å². The van der Waals surface area contributed by atoms with Gasteiger partial charge in [0.15, 0.2) is 0 Å². The van der Waals surface area contributed by atoms with E-state index in [9.17, 15) is 4.79 Å². The van der Waals surface area contributed by atoms with Gasteiger partial charge in [-0.05, 0) is 49.9 Å². The molecule has 6 atom stereocenters. The fourth-order valence-electron chi connectivity index (χ4n) is 4.28. The molecule has 2 fully saturated rings. The van der Waals surface area contributed by atoms with Gasteiger partial charge in [-0.1, -0.05) is 33.6 Å². The largest absolute Gasteiger partial charge is 0.353 e. The predicted molar refractivity (Wildman–Crippen MR) is 83.2 cm³/mol. The molecule has 2 aliphatic carbocycles. The Balaban J connectivity index is 1.85. The van der Waals surface area contributed by atoms with Gasteiger partial charge in [-0.15, -0.1) is 0 Å². The average Bonchev–Trinajstić information content (AvgIpc) is 2.78. The molecule has 6 unspecified atom stereocenters. The molecule has 20 heavy (non-hydrogen) atoms. The lowest BCUT2D eigenvalue weighted by Crippen LogP contribution is -2.43. The van der Waals surface area contributed by atoms with Crippen molar-refractivity contribution in [3.05, 3.63) is 0 Å². The molecular formula is C17H32N2O. The summed E-state index contributed by atoms with van der Waals surface area (Å²) >= 11 is 0. The minimum Gasteiger partial charge on any atom is -0.353 e. The Morgan fingerprint density at radius 2 is 2.05 bits per heavy atom. The molecular weight excluding hydrogens is 248 g/mol. The lowest BCUT2D eigenvalue weighted by molar-refractivity contribution is -0.127. The summed E-state index contributed by atoms with van der Waals surface area (Å²) in [5.74, 6) is 2.29. The molecule has 0 aromatic carbocycles. The van der Waals surface area contributed by atoms with Crippen molar-refractivity contribution in [3.8, 4) is 0 Å². The average molecular weight is 280 g/mol. The van der Waals surface area contributed by atoms with E-state index in [1.165, 1.54) is 25.7 Å². The summed E-state index contributed by atoms with van der Waals surface area (Å²) in [6, 6.07) is 0.700.